The molecule has 0 amide bonds. The van der Waals surface area contributed by atoms with Gasteiger partial charge in [0.05, 0.1) is 23.2 Å². The van der Waals surface area contributed by atoms with Gasteiger partial charge in [0.1, 0.15) is 5.75 Å². The first-order valence-corrected chi connectivity index (χ1v) is 9.95. The zero-order valence-electron chi connectivity index (χ0n) is 15.0. The van der Waals surface area contributed by atoms with Gasteiger partial charge in [-0.3, -0.25) is 4.79 Å². The van der Waals surface area contributed by atoms with E-state index in [0.29, 0.717) is 15.9 Å². The Kier molecular flexibility index (Phi) is 7.04. The number of hydrogen-bond donors (Lipinski definition) is 2. The lowest BCUT2D eigenvalue weighted by molar-refractivity contribution is -0.139. The summed E-state index contributed by atoms with van der Waals surface area (Å²) in [4.78, 5) is 10.7. The number of alkyl halides is 3. The van der Waals surface area contributed by atoms with E-state index in [1.54, 1.807) is 0 Å². The monoisotopic (exact) mass is 510 g/mol. The minimum Gasteiger partial charge on any atom is -0.492 e. The standard InChI is InChI=1S/C15H14BrF3N6O4S/c16-9-3-2-8(15(17,18)19)6-10(9)28-4-1-5-29-14-22-21-13(30-14)12-20-24-25(23-12)7-11(26)27/h2-3,6,12,23H,1,4-5,7H2,(H,26,27). The number of carbonyl (C=O) groups is 1. The summed E-state index contributed by atoms with van der Waals surface area (Å²) in [6.45, 7) is -0.0196. The van der Waals surface area contributed by atoms with Crippen LogP contribution in [0, 0.1) is 0 Å². The fourth-order valence-electron chi connectivity index (χ4n) is 2.20. The summed E-state index contributed by atoms with van der Waals surface area (Å²) in [6.07, 6.45) is -4.71. The van der Waals surface area contributed by atoms with Crippen LogP contribution in [0.5, 0.6) is 10.9 Å². The summed E-state index contributed by atoms with van der Waals surface area (Å²) in [5.41, 5.74) is 1.94. The number of hydrogen-bond acceptors (Lipinski definition) is 10. The van der Waals surface area contributed by atoms with Crippen molar-refractivity contribution in [2.75, 3.05) is 19.8 Å². The van der Waals surface area contributed by atoms with Gasteiger partial charge in [0.15, 0.2) is 17.7 Å². The molecule has 162 valence electrons. The zero-order chi connectivity index (χ0) is 21.7. The molecule has 1 aromatic heterocycles. The average molecular weight is 511 g/mol. The largest absolute Gasteiger partial charge is 0.492 e. The normalized spacial score (nSPS) is 16.1. The lowest BCUT2D eigenvalue weighted by atomic mass is 10.2. The van der Waals surface area contributed by atoms with Crippen LogP contribution in [0.3, 0.4) is 0 Å². The van der Waals surface area contributed by atoms with Crippen molar-refractivity contribution < 1.29 is 32.5 Å². The summed E-state index contributed by atoms with van der Waals surface area (Å²) in [5.74, 6) is -0.977. The van der Waals surface area contributed by atoms with E-state index in [4.69, 9.17) is 14.6 Å². The van der Waals surface area contributed by atoms with Gasteiger partial charge in [-0.05, 0) is 34.1 Å². The molecule has 1 unspecified atom stereocenters. The number of benzene rings is 1. The highest BCUT2D eigenvalue weighted by molar-refractivity contribution is 9.10. The van der Waals surface area contributed by atoms with Crippen molar-refractivity contribution in [3.05, 3.63) is 33.2 Å². The Balaban J connectivity index is 1.42. The molecule has 10 nitrogen and oxygen atoms in total. The average Bonchev–Trinajstić information content (AvgIpc) is 3.30. The van der Waals surface area contributed by atoms with E-state index in [1.807, 2.05) is 0 Å². The van der Waals surface area contributed by atoms with Crippen molar-refractivity contribution in [2.24, 2.45) is 10.3 Å². The van der Waals surface area contributed by atoms with E-state index in [2.05, 4.69) is 41.9 Å². The quantitative estimate of drug-likeness (QED) is 0.492. The Morgan fingerprint density at radius 1 is 1.30 bits per heavy atom. The van der Waals surface area contributed by atoms with Gasteiger partial charge in [-0.1, -0.05) is 21.7 Å². The fourth-order valence-corrected chi connectivity index (χ4v) is 3.25. The van der Waals surface area contributed by atoms with Crippen molar-refractivity contribution in [2.45, 2.75) is 18.8 Å². The smallest absolute Gasteiger partial charge is 0.416 e. The predicted octanol–water partition coefficient (Wildman–Crippen LogP) is 3.44. The van der Waals surface area contributed by atoms with E-state index in [1.165, 1.54) is 6.07 Å². The third-order valence-electron chi connectivity index (χ3n) is 3.52. The highest BCUT2D eigenvalue weighted by Gasteiger charge is 2.31. The molecule has 0 aliphatic carbocycles. The van der Waals surface area contributed by atoms with Gasteiger partial charge in [-0.25, -0.2) is 0 Å². The molecule has 1 aliphatic rings. The van der Waals surface area contributed by atoms with Gasteiger partial charge in [0.25, 0.3) is 5.19 Å². The van der Waals surface area contributed by atoms with Crippen LogP contribution in [0.4, 0.5) is 13.2 Å². The Labute approximate surface area is 179 Å². The number of aliphatic carboxylic acids is 1. The minimum atomic E-state index is -4.45. The highest BCUT2D eigenvalue weighted by Crippen LogP contribution is 2.35. The SMILES string of the molecule is O=C(O)CN1N=NC(c2nnc(OCCCOc3cc(C(F)(F)F)ccc3Br)s2)N1. The number of nitrogens with zero attached hydrogens (tertiary/aromatic N) is 5. The minimum absolute atomic E-state index is 0.0895. The Morgan fingerprint density at radius 2 is 2.07 bits per heavy atom. The molecular weight excluding hydrogens is 497 g/mol. The summed E-state index contributed by atoms with van der Waals surface area (Å²) in [7, 11) is 0. The number of rotatable bonds is 9. The molecule has 30 heavy (non-hydrogen) atoms. The van der Waals surface area contributed by atoms with Crippen LogP contribution in [-0.2, 0) is 11.0 Å². The summed E-state index contributed by atoms with van der Waals surface area (Å²) in [6, 6.07) is 3.18. The second-order valence-electron chi connectivity index (χ2n) is 5.79. The number of hydrazine groups is 1. The van der Waals surface area contributed by atoms with E-state index in [0.717, 1.165) is 28.6 Å². The molecule has 2 N–H and O–H groups in total. The highest BCUT2D eigenvalue weighted by atomic mass is 79.9. The van der Waals surface area contributed by atoms with Crippen LogP contribution in [0.15, 0.2) is 33.0 Å². The van der Waals surface area contributed by atoms with Gasteiger partial charge in [0, 0.05) is 6.42 Å². The van der Waals surface area contributed by atoms with Crippen LogP contribution in [-0.4, -0.2) is 46.1 Å². The van der Waals surface area contributed by atoms with E-state index >= 15 is 0 Å². The Morgan fingerprint density at radius 3 is 2.80 bits per heavy atom. The second kappa shape index (κ2) is 9.53. The topological polar surface area (TPSA) is 122 Å². The number of aromatic nitrogens is 2. The first-order chi connectivity index (χ1) is 14.2. The number of carboxylic acids is 1. The number of carboxylic acid groups (broad SMARTS) is 1. The maximum absolute atomic E-state index is 12.8. The van der Waals surface area contributed by atoms with Gasteiger partial charge in [0.2, 0.25) is 0 Å². The van der Waals surface area contributed by atoms with Crippen LogP contribution >= 0.6 is 27.3 Å². The predicted molar refractivity (Wildman–Crippen MR) is 99.7 cm³/mol. The molecule has 0 fully saturated rings. The number of halogens is 4. The first kappa shape index (κ1) is 22.2. The van der Waals surface area contributed by atoms with E-state index in [-0.39, 0.29) is 30.7 Å². The molecule has 0 saturated carbocycles. The second-order valence-corrected chi connectivity index (χ2v) is 7.61. The van der Waals surface area contributed by atoms with Crippen LogP contribution in [0.1, 0.15) is 23.2 Å². The van der Waals surface area contributed by atoms with Crippen molar-refractivity contribution in [3.8, 4) is 10.9 Å². The molecule has 2 aromatic rings. The maximum atomic E-state index is 12.8. The molecule has 2 heterocycles. The van der Waals surface area contributed by atoms with Crippen molar-refractivity contribution in [3.63, 3.8) is 0 Å². The van der Waals surface area contributed by atoms with Gasteiger partial charge in [-0.2, -0.15) is 23.7 Å². The third-order valence-corrected chi connectivity index (χ3v) is 5.06. The van der Waals surface area contributed by atoms with Crippen molar-refractivity contribution in [1.29, 1.82) is 0 Å². The number of ether oxygens (including phenoxy) is 2. The lowest BCUT2D eigenvalue weighted by Crippen LogP contribution is -2.34. The van der Waals surface area contributed by atoms with Gasteiger partial charge < -0.3 is 14.6 Å². The summed E-state index contributed by atoms with van der Waals surface area (Å²) < 4.78 is 49.6. The molecule has 3 rings (SSSR count). The van der Waals surface area contributed by atoms with E-state index < -0.39 is 23.9 Å². The molecule has 0 radical (unpaired) electrons. The molecule has 0 bridgehead atoms. The fraction of sp³-hybridized carbons (Fsp3) is 0.400. The zero-order valence-corrected chi connectivity index (χ0v) is 17.4. The van der Waals surface area contributed by atoms with Gasteiger partial charge >= 0.3 is 12.1 Å². The Bertz CT molecular complexity index is 928. The molecule has 1 aliphatic heterocycles. The van der Waals surface area contributed by atoms with Crippen LogP contribution < -0.4 is 14.9 Å². The van der Waals surface area contributed by atoms with Crippen LogP contribution in [0.2, 0.25) is 0 Å². The van der Waals surface area contributed by atoms with Crippen molar-refractivity contribution in [1.82, 2.24) is 20.7 Å². The molecule has 1 atom stereocenters. The molecule has 1 aromatic carbocycles. The van der Waals surface area contributed by atoms with Gasteiger partial charge in [-0.15, -0.1) is 10.2 Å². The summed E-state index contributed by atoms with van der Waals surface area (Å²) in [5, 5.41) is 25.8. The molecule has 0 saturated heterocycles. The first-order valence-electron chi connectivity index (χ1n) is 8.34. The maximum Gasteiger partial charge on any atom is 0.416 e. The number of nitrogens with one attached hydrogen (secondary N) is 1. The molecule has 15 heteroatoms. The van der Waals surface area contributed by atoms with Crippen LogP contribution in [0.25, 0.3) is 0 Å². The van der Waals surface area contributed by atoms with E-state index in [9.17, 15) is 18.0 Å². The molecular formula is C15H14BrF3N6O4S. The van der Waals surface area contributed by atoms with Crippen molar-refractivity contribution >= 4 is 33.2 Å². The third kappa shape index (κ3) is 5.99. The lowest BCUT2D eigenvalue weighted by Gasteiger charge is -2.12. The molecule has 0 spiro atoms. The Hall–Kier alpha value is -2.52. The summed E-state index contributed by atoms with van der Waals surface area (Å²) >= 11 is 4.26.